The average Bonchev–Trinajstić information content (AvgIpc) is 4.03. The van der Waals surface area contributed by atoms with Gasteiger partial charge in [-0.15, -0.1) is 0 Å². The first kappa shape index (κ1) is 43.2. The summed E-state index contributed by atoms with van der Waals surface area (Å²) >= 11 is 0. The van der Waals surface area contributed by atoms with Gasteiger partial charge in [0.05, 0.1) is 47.2 Å². The van der Waals surface area contributed by atoms with Crippen LogP contribution in [0.5, 0.6) is 11.5 Å². The number of benzene rings is 2. The smallest absolute Gasteiger partial charge is 0.339 e. The van der Waals surface area contributed by atoms with E-state index in [0.717, 1.165) is 122 Å². The molecule has 4 aliphatic rings. The number of aryl methyl sites for hydroxylation is 4. The quantitative estimate of drug-likeness (QED) is 0.158. The van der Waals surface area contributed by atoms with Crippen LogP contribution in [0.4, 0.5) is 0 Å². The Kier molecular flexibility index (Phi) is 12.6. The molecule has 0 bridgehead atoms. The lowest BCUT2D eigenvalue weighted by Gasteiger charge is -2.26. The lowest BCUT2D eigenvalue weighted by molar-refractivity contribution is -0.161. The van der Waals surface area contributed by atoms with Gasteiger partial charge in [-0.3, -0.25) is 9.36 Å². The number of carbonyl (C=O) groups is 2. The molecule has 4 aromatic rings. The first-order valence-electron chi connectivity index (χ1n) is 21.7. The molecule has 322 valence electrons. The molecule has 0 spiro atoms. The van der Waals surface area contributed by atoms with Crippen molar-refractivity contribution in [3.63, 3.8) is 0 Å². The van der Waals surface area contributed by atoms with Gasteiger partial charge in [-0.1, -0.05) is 31.1 Å². The number of allylic oxidation sites excluding steroid dienone is 2. The first-order valence-corrected chi connectivity index (χ1v) is 21.7. The molecule has 60 heavy (non-hydrogen) atoms. The van der Waals surface area contributed by atoms with Crippen molar-refractivity contribution in [2.24, 2.45) is 14.1 Å². The summed E-state index contributed by atoms with van der Waals surface area (Å²) in [6.07, 6.45) is 11.6. The minimum Gasteiger partial charge on any atom is -0.493 e. The summed E-state index contributed by atoms with van der Waals surface area (Å²) in [5.74, 6) is 0.198. The van der Waals surface area contributed by atoms with Gasteiger partial charge in [-0.05, 0) is 151 Å². The number of nitrogens with zero attached hydrogens (tertiary/aromatic N) is 4. The zero-order valence-corrected chi connectivity index (χ0v) is 36.6. The van der Waals surface area contributed by atoms with Crippen LogP contribution in [0.2, 0.25) is 0 Å². The number of aliphatic carboxylic acids is 2. The molecule has 0 amide bonds. The van der Waals surface area contributed by atoms with E-state index in [0.29, 0.717) is 17.3 Å². The molecular formula is C48H62N4O8. The Bertz CT molecular complexity index is 2250. The van der Waals surface area contributed by atoms with Crippen LogP contribution >= 0.6 is 0 Å². The van der Waals surface area contributed by atoms with Crippen molar-refractivity contribution in [2.75, 3.05) is 13.2 Å². The highest BCUT2D eigenvalue weighted by atomic mass is 16.5. The number of fused-ring (bicyclic) bond motifs is 2. The number of carboxylic acid groups (broad SMARTS) is 2. The summed E-state index contributed by atoms with van der Waals surface area (Å²) in [4.78, 5) is 24.6. The number of aromatic nitrogens is 4. The summed E-state index contributed by atoms with van der Waals surface area (Å²) in [7, 11) is 3.64. The van der Waals surface area contributed by atoms with Gasteiger partial charge < -0.3 is 29.2 Å². The maximum Gasteiger partial charge on any atom is 0.339 e. The third kappa shape index (κ3) is 9.50. The van der Waals surface area contributed by atoms with E-state index in [4.69, 9.17) is 29.1 Å². The van der Waals surface area contributed by atoms with Crippen LogP contribution in [-0.4, -0.2) is 66.1 Å². The molecule has 2 N–H and O–H groups in total. The molecule has 2 aromatic heterocycles. The van der Waals surface area contributed by atoms with Crippen molar-refractivity contribution in [1.82, 2.24) is 19.6 Å². The van der Waals surface area contributed by atoms with E-state index < -0.39 is 35.3 Å². The third-order valence-electron chi connectivity index (χ3n) is 11.6. The lowest BCUT2D eigenvalue weighted by atomic mass is 9.91. The fraction of sp³-hybridized carbons (Fsp3) is 0.542. The van der Waals surface area contributed by atoms with Gasteiger partial charge in [0.25, 0.3) is 0 Å². The number of hydrogen-bond acceptors (Lipinski definition) is 8. The van der Waals surface area contributed by atoms with E-state index in [-0.39, 0.29) is 0 Å². The Morgan fingerprint density at radius 1 is 0.700 bits per heavy atom. The molecule has 2 unspecified atom stereocenters. The van der Waals surface area contributed by atoms with Crippen LogP contribution in [0.15, 0.2) is 42.5 Å². The Balaban J connectivity index is 0.000000181. The Labute approximate surface area is 353 Å². The van der Waals surface area contributed by atoms with Gasteiger partial charge in [0.2, 0.25) is 0 Å². The summed E-state index contributed by atoms with van der Waals surface area (Å²) in [5.41, 5.74) is 9.14. The van der Waals surface area contributed by atoms with Crippen LogP contribution < -0.4 is 9.47 Å². The number of ether oxygens (including phenoxy) is 4. The van der Waals surface area contributed by atoms with E-state index in [1.54, 1.807) is 16.4 Å². The lowest BCUT2D eigenvalue weighted by Crippen LogP contribution is -2.29. The minimum absolute atomic E-state index is 0.358. The van der Waals surface area contributed by atoms with Gasteiger partial charge >= 0.3 is 11.9 Å². The van der Waals surface area contributed by atoms with Crippen LogP contribution in [-0.2, 0) is 46.0 Å². The Morgan fingerprint density at radius 2 is 1.20 bits per heavy atom. The first-order chi connectivity index (χ1) is 28.5. The molecule has 12 heteroatoms. The number of rotatable bonds is 10. The van der Waals surface area contributed by atoms with Crippen LogP contribution in [0.1, 0.15) is 151 Å². The largest absolute Gasteiger partial charge is 0.493 e. The van der Waals surface area contributed by atoms with Crippen molar-refractivity contribution in [3.8, 4) is 33.8 Å². The highest BCUT2D eigenvalue weighted by Gasteiger charge is 2.37. The second-order valence-electron chi connectivity index (χ2n) is 18.6. The topological polar surface area (TPSA) is 147 Å². The average molecular weight is 823 g/mol. The fourth-order valence-corrected chi connectivity index (χ4v) is 9.06. The van der Waals surface area contributed by atoms with Gasteiger partial charge in [0.15, 0.2) is 12.2 Å². The maximum absolute atomic E-state index is 12.3. The minimum atomic E-state index is -1.11. The molecule has 1 fully saturated rings. The predicted molar refractivity (Wildman–Crippen MR) is 230 cm³/mol. The highest BCUT2D eigenvalue weighted by molar-refractivity contribution is 5.86. The fourth-order valence-electron chi connectivity index (χ4n) is 9.06. The monoisotopic (exact) mass is 822 g/mol. The molecule has 12 nitrogen and oxygen atoms in total. The van der Waals surface area contributed by atoms with E-state index in [1.165, 1.54) is 24.0 Å². The molecule has 1 saturated carbocycles. The van der Waals surface area contributed by atoms with Gasteiger partial charge in [-0.25, -0.2) is 9.59 Å². The second-order valence-corrected chi connectivity index (χ2v) is 18.6. The molecule has 4 heterocycles. The standard InChI is InChI=1S/C24H32N2O4.C24H30N2O4/c2*1-24(2,3)30-22(23(27)28)21-19(20(25-26(21)4)15-8-5-6-9-15)17-11-12-18-16(14-17)10-7-13-29-18/h11-12,14-15,22H,5-10,13H2,1-4H3,(H,27,28);8,11-12,14,22H,5-7,9-10,13H2,1-4H3,(H,27,28). The molecule has 2 aliphatic heterocycles. The molecular weight excluding hydrogens is 761 g/mol. The summed E-state index contributed by atoms with van der Waals surface area (Å²) in [6, 6.07) is 12.3. The zero-order chi connectivity index (χ0) is 42.9. The molecule has 2 atom stereocenters. The molecule has 2 aromatic carbocycles. The summed E-state index contributed by atoms with van der Waals surface area (Å²) in [5, 5.41) is 29.8. The number of carboxylic acids is 2. The van der Waals surface area contributed by atoms with Crippen molar-refractivity contribution in [1.29, 1.82) is 0 Å². The Morgan fingerprint density at radius 3 is 1.68 bits per heavy atom. The summed E-state index contributed by atoms with van der Waals surface area (Å²) in [6.45, 7) is 12.7. The van der Waals surface area contributed by atoms with Crippen LogP contribution in [0.25, 0.3) is 27.8 Å². The maximum atomic E-state index is 12.3. The Hall–Kier alpha value is -4.94. The molecule has 0 radical (unpaired) electrons. The van der Waals surface area contributed by atoms with Crippen molar-refractivity contribution in [2.45, 2.75) is 141 Å². The van der Waals surface area contributed by atoms with E-state index in [1.807, 2.05) is 72.9 Å². The van der Waals surface area contributed by atoms with Crippen molar-refractivity contribution >= 4 is 17.5 Å². The van der Waals surface area contributed by atoms with Crippen LogP contribution in [0.3, 0.4) is 0 Å². The third-order valence-corrected chi connectivity index (χ3v) is 11.6. The highest BCUT2D eigenvalue weighted by Crippen LogP contribution is 2.45. The second kappa shape index (κ2) is 17.6. The molecule has 2 aliphatic carbocycles. The normalized spacial score (nSPS) is 17.7. The predicted octanol–water partition coefficient (Wildman–Crippen LogP) is 9.93. The van der Waals surface area contributed by atoms with Gasteiger partial charge in [-0.2, -0.15) is 10.2 Å². The summed E-state index contributed by atoms with van der Waals surface area (Å²) < 4.78 is 27.0. The van der Waals surface area contributed by atoms with E-state index in [2.05, 4.69) is 18.2 Å². The van der Waals surface area contributed by atoms with E-state index in [9.17, 15) is 19.8 Å². The van der Waals surface area contributed by atoms with Crippen molar-refractivity contribution in [3.05, 3.63) is 76.4 Å². The zero-order valence-electron chi connectivity index (χ0n) is 36.6. The number of hydrogen-bond donors (Lipinski definition) is 2. The van der Waals surface area contributed by atoms with Crippen LogP contribution in [0, 0.1) is 0 Å². The van der Waals surface area contributed by atoms with Crippen molar-refractivity contribution < 1.29 is 38.7 Å². The SMILES string of the molecule is Cn1nc(C2=CCCC2)c(-c2ccc3c(c2)CCCO3)c1C(OC(C)(C)C)C(=O)O.Cn1nc(C2CCCC2)c(-c2ccc3c(c2)CCCO3)c1C(OC(C)(C)C)C(=O)O. The van der Waals surface area contributed by atoms with Gasteiger partial charge in [0, 0.05) is 31.1 Å². The molecule has 8 rings (SSSR count). The van der Waals surface area contributed by atoms with Gasteiger partial charge in [0.1, 0.15) is 11.5 Å². The molecule has 0 saturated heterocycles. The van der Waals surface area contributed by atoms with E-state index >= 15 is 0 Å².